The SMILES string of the molecule is CCOC(=O)C1=CN(Cc2ccc(F)cc2)C=C(C(=O)OCC)C1c1ccc(OCC)c(OC)c1. The van der Waals surface area contributed by atoms with E-state index in [2.05, 4.69) is 0 Å². The molecule has 35 heavy (non-hydrogen) atoms. The van der Waals surface area contributed by atoms with E-state index in [1.807, 2.05) is 6.92 Å². The van der Waals surface area contributed by atoms with Crippen LogP contribution in [0.5, 0.6) is 11.5 Å². The number of nitrogens with zero attached hydrogens (tertiary/aromatic N) is 1. The van der Waals surface area contributed by atoms with Crippen molar-refractivity contribution in [3.63, 3.8) is 0 Å². The van der Waals surface area contributed by atoms with Crippen LogP contribution in [0.25, 0.3) is 0 Å². The fraction of sp³-hybridized carbons (Fsp3) is 0.333. The summed E-state index contributed by atoms with van der Waals surface area (Å²) >= 11 is 0. The van der Waals surface area contributed by atoms with Crippen LogP contribution in [-0.2, 0) is 25.6 Å². The molecule has 0 unspecified atom stereocenters. The van der Waals surface area contributed by atoms with E-state index in [1.165, 1.54) is 19.2 Å². The van der Waals surface area contributed by atoms with Gasteiger partial charge in [-0.2, -0.15) is 0 Å². The van der Waals surface area contributed by atoms with E-state index in [4.69, 9.17) is 18.9 Å². The molecule has 0 saturated carbocycles. The monoisotopic (exact) mass is 483 g/mol. The lowest BCUT2D eigenvalue weighted by Gasteiger charge is -2.30. The van der Waals surface area contributed by atoms with Gasteiger partial charge in [0.2, 0.25) is 0 Å². The summed E-state index contributed by atoms with van der Waals surface area (Å²) in [5.74, 6) is -1.17. The highest BCUT2D eigenvalue weighted by molar-refractivity contribution is 5.98. The number of carbonyl (C=O) groups is 2. The first-order chi connectivity index (χ1) is 16.9. The number of halogens is 1. The Labute approximate surface area is 204 Å². The van der Waals surface area contributed by atoms with Gasteiger partial charge in [-0.15, -0.1) is 0 Å². The Balaban J connectivity index is 2.11. The van der Waals surface area contributed by atoms with Crippen LogP contribution < -0.4 is 9.47 Å². The average Bonchev–Trinajstić information content (AvgIpc) is 2.85. The van der Waals surface area contributed by atoms with E-state index in [1.54, 1.807) is 61.5 Å². The van der Waals surface area contributed by atoms with Crippen LogP contribution in [0.3, 0.4) is 0 Å². The predicted molar refractivity (Wildman–Crippen MR) is 128 cm³/mol. The molecule has 0 aliphatic carbocycles. The number of rotatable bonds is 10. The molecular formula is C27H30FNO6. The number of ether oxygens (including phenoxy) is 4. The van der Waals surface area contributed by atoms with Crippen molar-refractivity contribution in [2.24, 2.45) is 0 Å². The van der Waals surface area contributed by atoms with Gasteiger partial charge in [0.25, 0.3) is 0 Å². The van der Waals surface area contributed by atoms with E-state index in [0.29, 0.717) is 30.2 Å². The summed E-state index contributed by atoms with van der Waals surface area (Å²) in [5, 5.41) is 0. The Bertz CT molecular complexity index is 1070. The number of benzene rings is 2. The summed E-state index contributed by atoms with van der Waals surface area (Å²) in [4.78, 5) is 27.8. The van der Waals surface area contributed by atoms with Crippen LogP contribution in [-0.4, -0.2) is 43.8 Å². The molecule has 1 aliphatic heterocycles. The van der Waals surface area contributed by atoms with Gasteiger partial charge in [0.15, 0.2) is 11.5 Å². The minimum absolute atomic E-state index is 0.173. The van der Waals surface area contributed by atoms with E-state index in [9.17, 15) is 14.0 Å². The molecule has 0 spiro atoms. The molecule has 0 amide bonds. The van der Waals surface area contributed by atoms with Gasteiger partial charge in [-0.1, -0.05) is 18.2 Å². The third-order valence-corrected chi connectivity index (χ3v) is 5.35. The maximum Gasteiger partial charge on any atom is 0.336 e. The van der Waals surface area contributed by atoms with Crippen LogP contribution in [0, 0.1) is 5.82 Å². The van der Waals surface area contributed by atoms with Crippen molar-refractivity contribution in [2.75, 3.05) is 26.9 Å². The third kappa shape index (κ3) is 6.20. The number of carbonyl (C=O) groups excluding carboxylic acids is 2. The first-order valence-corrected chi connectivity index (χ1v) is 11.5. The zero-order chi connectivity index (χ0) is 25.4. The molecule has 0 N–H and O–H groups in total. The Morgan fingerprint density at radius 1 is 0.857 bits per heavy atom. The average molecular weight is 484 g/mol. The third-order valence-electron chi connectivity index (χ3n) is 5.35. The lowest BCUT2D eigenvalue weighted by Crippen LogP contribution is -2.29. The highest BCUT2D eigenvalue weighted by Crippen LogP contribution is 2.40. The van der Waals surface area contributed by atoms with Crippen LogP contribution in [0.15, 0.2) is 66.0 Å². The van der Waals surface area contributed by atoms with Crippen molar-refractivity contribution < 1.29 is 32.9 Å². The van der Waals surface area contributed by atoms with Crippen molar-refractivity contribution in [1.82, 2.24) is 4.90 Å². The molecule has 0 aromatic heterocycles. The van der Waals surface area contributed by atoms with Gasteiger partial charge in [-0.25, -0.2) is 14.0 Å². The maximum absolute atomic E-state index is 13.4. The minimum Gasteiger partial charge on any atom is -0.493 e. The Morgan fingerprint density at radius 2 is 1.46 bits per heavy atom. The van der Waals surface area contributed by atoms with Crippen molar-refractivity contribution in [3.8, 4) is 11.5 Å². The molecule has 3 rings (SSSR count). The van der Waals surface area contributed by atoms with Crippen molar-refractivity contribution in [1.29, 1.82) is 0 Å². The molecule has 2 aromatic carbocycles. The van der Waals surface area contributed by atoms with Crippen LogP contribution in [0.1, 0.15) is 37.8 Å². The molecule has 2 aromatic rings. The first kappa shape index (κ1) is 25.8. The largest absolute Gasteiger partial charge is 0.493 e. The van der Waals surface area contributed by atoms with Gasteiger partial charge in [-0.05, 0) is 56.2 Å². The second-order valence-corrected chi connectivity index (χ2v) is 7.68. The van der Waals surface area contributed by atoms with E-state index < -0.39 is 17.9 Å². The maximum atomic E-state index is 13.4. The minimum atomic E-state index is -0.748. The van der Waals surface area contributed by atoms with E-state index in [-0.39, 0.29) is 30.2 Å². The molecule has 186 valence electrons. The summed E-state index contributed by atoms with van der Waals surface area (Å²) in [6.45, 7) is 6.42. The summed E-state index contributed by atoms with van der Waals surface area (Å²) in [6.07, 6.45) is 3.30. The number of methoxy groups -OCH3 is 1. The van der Waals surface area contributed by atoms with Crippen molar-refractivity contribution >= 4 is 11.9 Å². The van der Waals surface area contributed by atoms with Crippen LogP contribution in [0.2, 0.25) is 0 Å². The molecule has 1 heterocycles. The van der Waals surface area contributed by atoms with Gasteiger partial charge in [0.05, 0.1) is 44.0 Å². The second kappa shape index (κ2) is 12.1. The normalized spacial score (nSPS) is 13.6. The molecule has 0 radical (unpaired) electrons. The molecule has 8 heteroatoms. The Morgan fingerprint density at radius 3 is 1.97 bits per heavy atom. The van der Waals surface area contributed by atoms with Gasteiger partial charge < -0.3 is 23.8 Å². The van der Waals surface area contributed by atoms with Crippen molar-refractivity contribution in [3.05, 3.63) is 83.0 Å². The summed E-state index contributed by atoms with van der Waals surface area (Å²) in [5.41, 5.74) is 1.98. The highest BCUT2D eigenvalue weighted by atomic mass is 19.1. The van der Waals surface area contributed by atoms with E-state index in [0.717, 1.165) is 5.56 Å². The van der Waals surface area contributed by atoms with Gasteiger partial charge in [0.1, 0.15) is 5.82 Å². The summed E-state index contributed by atoms with van der Waals surface area (Å²) in [7, 11) is 1.52. The number of hydrogen-bond acceptors (Lipinski definition) is 7. The molecule has 1 aliphatic rings. The van der Waals surface area contributed by atoms with Gasteiger partial charge in [-0.3, -0.25) is 0 Å². The fourth-order valence-electron chi connectivity index (χ4n) is 3.87. The van der Waals surface area contributed by atoms with Gasteiger partial charge >= 0.3 is 11.9 Å². The fourth-order valence-corrected chi connectivity index (χ4v) is 3.87. The Hall–Kier alpha value is -3.81. The quantitative estimate of drug-likeness (QED) is 0.453. The van der Waals surface area contributed by atoms with Crippen LogP contribution >= 0.6 is 0 Å². The number of hydrogen-bond donors (Lipinski definition) is 0. The highest BCUT2D eigenvalue weighted by Gasteiger charge is 2.36. The van der Waals surface area contributed by atoms with Crippen LogP contribution in [0.4, 0.5) is 4.39 Å². The lowest BCUT2D eigenvalue weighted by atomic mass is 9.83. The standard InChI is InChI=1S/C27H30FNO6/c1-5-33-23-13-10-19(14-24(23)32-4)25-21(26(30)34-6-2)16-29(17-22(25)27(31)35-7-3)15-18-8-11-20(28)12-9-18/h8-14,16-17,25H,5-7,15H2,1-4H3. The molecule has 0 saturated heterocycles. The predicted octanol–water partition coefficient (Wildman–Crippen LogP) is 4.73. The second-order valence-electron chi connectivity index (χ2n) is 7.68. The summed E-state index contributed by atoms with van der Waals surface area (Å²) in [6, 6.07) is 11.3. The molecule has 0 fully saturated rings. The van der Waals surface area contributed by atoms with E-state index >= 15 is 0 Å². The number of esters is 2. The lowest BCUT2D eigenvalue weighted by molar-refractivity contribution is -0.139. The van der Waals surface area contributed by atoms with Gasteiger partial charge in [0, 0.05) is 18.9 Å². The van der Waals surface area contributed by atoms with Crippen molar-refractivity contribution in [2.45, 2.75) is 33.2 Å². The topological polar surface area (TPSA) is 74.3 Å². The smallest absolute Gasteiger partial charge is 0.336 e. The molecule has 7 nitrogen and oxygen atoms in total. The molecule has 0 atom stereocenters. The zero-order valence-electron chi connectivity index (χ0n) is 20.4. The summed E-state index contributed by atoms with van der Waals surface area (Å²) < 4.78 is 35.1. The first-order valence-electron chi connectivity index (χ1n) is 11.5. The molecule has 0 bridgehead atoms. The Kier molecular flexibility index (Phi) is 8.89. The zero-order valence-corrected chi connectivity index (χ0v) is 20.4. The molecular weight excluding hydrogens is 453 g/mol.